The van der Waals surface area contributed by atoms with E-state index in [0.717, 1.165) is 0 Å². The van der Waals surface area contributed by atoms with E-state index in [0.29, 0.717) is 13.2 Å². The third kappa shape index (κ3) is 4.40. The van der Waals surface area contributed by atoms with E-state index < -0.39 is 0 Å². The Morgan fingerprint density at radius 2 is 2.45 bits per heavy atom. The van der Waals surface area contributed by atoms with Crippen LogP contribution in [0.3, 0.4) is 0 Å². The molecular formula is C8H13NO2. The van der Waals surface area contributed by atoms with Gasteiger partial charge in [-0.1, -0.05) is 5.92 Å². The standard InChI is InChI=1S/C8H13NO2/c1-4-6-9-7(3)8(10)11-5-2/h1,7,9H,5-6H2,2-3H3/t7-/m1/s1. The minimum Gasteiger partial charge on any atom is -0.465 e. The van der Waals surface area contributed by atoms with Gasteiger partial charge in [0.05, 0.1) is 13.2 Å². The first kappa shape index (κ1) is 9.99. The molecule has 0 amide bonds. The largest absolute Gasteiger partial charge is 0.465 e. The van der Waals surface area contributed by atoms with Crippen molar-refractivity contribution >= 4 is 5.97 Å². The van der Waals surface area contributed by atoms with Crippen molar-refractivity contribution in [3.63, 3.8) is 0 Å². The first-order valence-electron chi connectivity index (χ1n) is 3.55. The van der Waals surface area contributed by atoms with Crippen LogP contribution in [0.15, 0.2) is 0 Å². The van der Waals surface area contributed by atoms with Crippen LogP contribution in [0.25, 0.3) is 0 Å². The zero-order valence-electron chi connectivity index (χ0n) is 6.89. The number of hydrogen-bond acceptors (Lipinski definition) is 3. The van der Waals surface area contributed by atoms with Crippen LogP contribution in [-0.4, -0.2) is 25.2 Å². The molecule has 0 aliphatic rings. The molecule has 11 heavy (non-hydrogen) atoms. The quantitative estimate of drug-likeness (QED) is 0.464. The SMILES string of the molecule is C#CCN[C@H](C)C(=O)OCC. The van der Waals surface area contributed by atoms with E-state index in [1.165, 1.54) is 0 Å². The first-order valence-corrected chi connectivity index (χ1v) is 3.55. The Bertz CT molecular complexity index is 160. The molecule has 0 saturated carbocycles. The number of terminal acetylenes is 1. The van der Waals surface area contributed by atoms with E-state index in [1.807, 2.05) is 0 Å². The molecule has 0 aromatic heterocycles. The van der Waals surface area contributed by atoms with Gasteiger partial charge in [0.15, 0.2) is 0 Å². The second-order valence-corrected chi connectivity index (χ2v) is 2.06. The molecule has 62 valence electrons. The minimum atomic E-state index is -0.314. The third-order valence-corrected chi connectivity index (χ3v) is 1.15. The first-order chi connectivity index (χ1) is 5.22. The Labute approximate surface area is 67.1 Å². The summed E-state index contributed by atoms with van der Waals surface area (Å²) >= 11 is 0. The molecule has 3 nitrogen and oxygen atoms in total. The molecule has 0 aliphatic heterocycles. The van der Waals surface area contributed by atoms with Gasteiger partial charge in [0.1, 0.15) is 6.04 Å². The van der Waals surface area contributed by atoms with Crippen molar-refractivity contribution in [3.05, 3.63) is 0 Å². The van der Waals surface area contributed by atoms with Gasteiger partial charge in [-0.05, 0) is 13.8 Å². The predicted molar refractivity (Wildman–Crippen MR) is 42.9 cm³/mol. The molecular weight excluding hydrogens is 142 g/mol. The van der Waals surface area contributed by atoms with Crippen LogP contribution < -0.4 is 5.32 Å². The zero-order chi connectivity index (χ0) is 8.69. The molecule has 0 heterocycles. The van der Waals surface area contributed by atoms with Crippen LogP contribution in [0.5, 0.6) is 0 Å². The van der Waals surface area contributed by atoms with E-state index in [-0.39, 0.29) is 12.0 Å². The number of nitrogens with one attached hydrogen (secondary N) is 1. The maximum Gasteiger partial charge on any atom is 0.322 e. The number of rotatable bonds is 4. The predicted octanol–water partition coefficient (Wildman–Crippen LogP) is 0.161. The molecule has 0 aromatic carbocycles. The van der Waals surface area contributed by atoms with E-state index in [2.05, 4.69) is 11.2 Å². The molecule has 0 radical (unpaired) electrons. The topological polar surface area (TPSA) is 38.3 Å². The molecule has 0 rings (SSSR count). The van der Waals surface area contributed by atoms with Crippen LogP contribution >= 0.6 is 0 Å². The third-order valence-electron chi connectivity index (χ3n) is 1.15. The normalized spacial score (nSPS) is 11.7. The number of esters is 1. The van der Waals surface area contributed by atoms with Gasteiger partial charge in [-0.15, -0.1) is 6.42 Å². The molecule has 3 heteroatoms. The summed E-state index contributed by atoms with van der Waals surface area (Å²) in [4.78, 5) is 10.9. The van der Waals surface area contributed by atoms with E-state index in [1.54, 1.807) is 13.8 Å². The molecule has 0 aromatic rings. The summed E-state index contributed by atoms with van der Waals surface area (Å²) in [5.41, 5.74) is 0. The van der Waals surface area contributed by atoms with Crippen molar-refractivity contribution in [1.29, 1.82) is 0 Å². The molecule has 1 atom stereocenters. The zero-order valence-corrected chi connectivity index (χ0v) is 6.89. The lowest BCUT2D eigenvalue weighted by molar-refractivity contribution is -0.145. The van der Waals surface area contributed by atoms with Crippen LogP contribution in [0.2, 0.25) is 0 Å². The lowest BCUT2D eigenvalue weighted by Crippen LogP contribution is -2.35. The molecule has 0 unspecified atom stereocenters. The molecule has 0 aliphatic carbocycles. The summed E-state index contributed by atoms with van der Waals surface area (Å²) < 4.78 is 4.73. The van der Waals surface area contributed by atoms with E-state index >= 15 is 0 Å². The highest BCUT2D eigenvalue weighted by molar-refractivity contribution is 5.75. The fourth-order valence-electron chi connectivity index (χ4n) is 0.563. The van der Waals surface area contributed by atoms with Crippen LogP contribution in [0.1, 0.15) is 13.8 Å². The van der Waals surface area contributed by atoms with Crippen LogP contribution in [-0.2, 0) is 9.53 Å². The Balaban J connectivity index is 3.57. The molecule has 0 fully saturated rings. The van der Waals surface area contributed by atoms with E-state index in [9.17, 15) is 4.79 Å². The van der Waals surface area contributed by atoms with Gasteiger partial charge in [0.25, 0.3) is 0 Å². The lowest BCUT2D eigenvalue weighted by atomic mass is 10.3. The fraction of sp³-hybridized carbons (Fsp3) is 0.625. The van der Waals surface area contributed by atoms with Gasteiger partial charge in [-0.25, -0.2) is 0 Å². The van der Waals surface area contributed by atoms with Crippen LogP contribution in [0.4, 0.5) is 0 Å². The Kier molecular flexibility index (Phi) is 5.22. The summed E-state index contributed by atoms with van der Waals surface area (Å²) in [6, 6.07) is -0.314. The average molecular weight is 155 g/mol. The monoisotopic (exact) mass is 155 g/mol. The molecule has 0 spiro atoms. The van der Waals surface area contributed by atoms with Crippen molar-refractivity contribution in [3.8, 4) is 12.3 Å². The van der Waals surface area contributed by atoms with Gasteiger partial charge in [-0.3, -0.25) is 10.1 Å². The highest BCUT2D eigenvalue weighted by atomic mass is 16.5. The van der Waals surface area contributed by atoms with Crippen molar-refractivity contribution in [2.75, 3.05) is 13.2 Å². The number of carbonyl (C=O) groups is 1. The van der Waals surface area contributed by atoms with Crippen LogP contribution in [0, 0.1) is 12.3 Å². The van der Waals surface area contributed by atoms with Gasteiger partial charge in [0, 0.05) is 0 Å². The second-order valence-electron chi connectivity index (χ2n) is 2.06. The van der Waals surface area contributed by atoms with Gasteiger partial charge in [-0.2, -0.15) is 0 Å². The second kappa shape index (κ2) is 5.75. The molecule has 0 bridgehead atoms. The number of ether oxygens (including phenoxy) is 1. The highest BCUT2D eigenvalue weighted by Gasteiger charge is 2.11. The Morgan fingerprint density at radius 3 is 2.91 bits per heavy atom. The Hall–Kier alpha value is -1.01. The summed E-state index contributed by atoms with van der Waals surface area (Å²) in [6.07, 6.45) is 4.99. The fourth-order valence-corrected chi connectivity index (χ4v) is 0.563. The van der Waals surface area contributed by atoms with Crippen molar-refractivity contribution < 1.29 is 9.53 Å². The summed E-state index contributed by atoms with van der Waals surface area (Å²) in [7, 11) is 0. The van der Waals surface area contributed by atoms with E-state index in [4.69, 9.17) is 11.2 Å². The van der Waals surface area contributed by atoms with Gasteiger partial charge >= 0.3 is 5.97 Å². The summed E-state index contributed by atoms with van der Waals surface area (Å²) in [6.45, 7) is 4.28. The number of hydrogen-bond donors (Lipinski definition) is 1. The van der Waals surface area contributed by atoms with Gasteiger partial charge in [0.2, 0.25) is 0 Å². The average Bonchev–Trinajstić information content (AvgIpc) is 2.00. The van der Waals surface area contributed by atoms with Gasteiger partial charge < -0.3 is 4.74 Å². The summed E-state index contributed by atoms with van der Waals surface area (Å²) in [5.74, 6) is 2.12. The smallest absolute Gasteiger partial charge is 0.322 e. The molecule has 1 N–H and O–H groups in total. The van der Waals surface area contributed by atoms with Crippen molar-refractivity contribution in [2.24, 2.45) is 0 Å². The minimum absolute atomic E-state index is 0.261. The summed E-state index contributed by atoms with van der Waals surface area (Å²) in [5, 5.41) is 2.81. The molecule has 0 saturated heterocycles. The Morgan fingerprint density at radius 1 is 1.82 bits per heavy atom. The number of carbonyl (C=O) groups excluding carboxylic acids is 1. The van der Waals surface area contributed by atoms with Crippen molar-refractivity contribution in [1.82, 2.24) is 5.32 Å². The van der Waals surface area contributed by atoms with Crippen molar-refractivity contribution in [2.45, 2.75) is 19.9 Å². The highest BCUT2D eigenvalue weighted by Crippen LogP contribution is 1.86. The maximum atomic E-state index is 10.9. The lowest BCUT2D eigenvalue weighted by Gasteiger charge is -2.09. The maximum absolute atomic E-state index is 10.9.